The van der Waals surface area contributed by atoms with Crippen LogP contribution in [0, 0.1) is 17.3 Å². The average molecular weight is 444 g/mol. The van der Waals surface area contributed by atoms with Gasteiger partial charge in [-0.1, -0.05) is 55.2 Å². The first-order chi connectivity index (χ1) is 11.8. The SMILES string of the molecule is CC1(C)[C@H](C=C(Cl)Cl)[C@@H]1C(=O)OCc1cccc(-c2ccc(Br)o2)c1. The Morgan fingerprint density at radius 3 is 2.72 bits per heavy atom. The van der Waals surface area contributed by atoms with Gasteiger partial charge in [0.1, 0.15) is 16.9 Å². The van der Waals surface area contributed by atoms with Gasteiger partial charge in [-0.15, -0.1) is 0 Å². The molecule has 3 nitrogen and oxygen atoms in total. The maximum absolute atomic E-state index is 12.4. The molecule has 6 heteroatoms. The van der Waals surface area contributed by atoms with Crippen molar-refractivity contribution in [3.63, 3.8) is 0 Å². The van der Waals surface area contributed by atoms with Crippen LogP contribution in [0.3, 0.4) is 0 Å². The van der Waals surface area contributed by atoms with Crippen LogP contribution in [-0.4, -0.2) is 5.97 Å². The van der Waals surface area contributed by atoms with Crippen molar-refractivity contribution in [2.45, 2.75) is 20.5 Å². The molecule has 0 bridgehead atoms. The van der Waals surface area contributed by atoms with E-state index in [0.717, 1.165) is 16.9 Å². The Morgan fingerprint density at radius 2 is 2.08 bits per heavy atom. The summed E-state index contributed by atoms with van der Waals surface area (Å²) in [4.78, 5) is 12.4. The lowest BCUT2D eigenvalue weighted by Crippen LogP contribution is -2.10. The molecular weight excluding hydrogens is 427 g/mol. The van der Waals surface area contributed by atoms with E-state index in [0.29, 0.717) is 4.67 Å². The second kappa shape index (κ2) is 7.18. The third kappa shape index (κ3) is 4.13. The molecule has 0 radical (unpaired) electrons. The topological polar surface area (TPSA) is 39.4 Å². The van der Waals surface area contributed by atoms with E-state index in [9.17, 15) is 4.79 Å². The lowest BCUT2D eigenvalue weighted by atomic mass is 10.1. The summed E-state index contributed by atoms with van der Waals surface area (Å²) in [5.74, 6) is 0.318. The molecule has 1 heterocycles. The predicted molar refractivity (Wildman–Crippen MR) is 102 cm³/mol. The predicted octanol–water partition coefficient (Wildman–Crippen LogP) is 6.34. The zero-order valence-electron chi connectivity index (χ0n) is 13.8. The van der Waals surface area contributed by atoms with Gasteiger partial charge in [-0.25, -0.2) is 0 Å². The zero-order chi connectivity index (χ0) is 18.2. The number of rotatable bonds is 5. The van der Waals surface area contributed by atoms with Crippen LogP contribution in [0.25, 0.3) is 11.3 Å². The lowest BCUT2D eigenvalue weighted by Gasteiger charge is -2.07. The molecule has 1 saturated carbocycles. The number of ether oxygens (including phenoxy) is 1. The van der Waals surface area contributed by atoms with Gasteiger partial charge in [0.15, 0.2) is 4.67 Å². The van der Waals surface area contributed by atoms with Crippen LogP contribution in [-0.2, 0) is 16.1 Å². The maximum atomic E-state index is 12.4. The van der Waals surface area contributed by atoms with Crippen molar-refractivity contribution in [3.05, 3.63) is 57.2 Å². The molecule has 0 amide bonds. The third-order valence-electron chi connectivity index (χ3n) is 4.64. The summed E-state index contributed by atoms with van der Waals surface area (Å²) in [6.07, 6.45) is 1.71. The van der Waals surface area contributed by atoms with Gasteiger partial charge >= 0.3 is 5.97 Å². The standard InChI is InChI=1S/C19H17BrCl2O3/c1-19(2)13(9-16(21)22)17(19)18(23)24-10-11-4-3-5-12(8-11)14-6-7-15(20)25-14/h3-9,13,17H,10H2,1-2H3/t13-,17-/m1/s1. The molecule has 132 valence electrons. The molecular formula is C19H17BrCl2O3. The van der Waals surface area contributed by atoms with Crippen LogP contribution in [0.4, 0.5) is 0 Å². The summed E-state index contributed by atoms with van der Waals surface area (Å²) in [6.45, 7) is 4.23. The second-order valence-electron chi connectivity index (χ2n) is 6.69. The molecule has 0 spiro atoms. The highest BCUT2D eigenvalue weighted by atomic mass is 79.9. The van der Waals surface area contributed by atoms with Crippen molar-refractivity contribution in [3.8, 4) is 11.3 Å². The molecule has 1 fully saturated rings. The Morgan fingerprint density at radius 1 is 1.32 bits per heavy atom. The molecule has 2 atom stereocenters. The highest BCUT2D eigenvalue weighted by Gasteiger charge is 2.61. The van der Waals surface area contributed by atoms with Crippen molar-refractivity contribution in [2.24, 2.45) is 17.3 Å². The van der Waals surface area contributed by atoms with Gasteiger partial charge in [0.25, 0.3) is 0 Å². The highest BCUT2D eigenvalue weighted by Crippen LogP contribution is 2.60. The Labute approximate surface area is 165 Å². The fraction of sp³-hybridized carbons (Fsp3) is 0.316. The quantitative estimate of drug-likeness (QED) is 0.505. The first-order valence-corrected chi connectivity index (χ1v) is 9.38. The number of esters is 1. The first-order valence-electron chi connectivity index (χ1n) is 7.83. The van der Waals surface area contributed by atoms with E-state index in [-0.39, 0.29) is 34.3 Å². The van der Waals surface area contributed by atoms with Crippen LogP contribution in [0.5, 0.6) is 0 Å². The molecule has 0 saturated heterocycles. The van der Waals surface area contributed by atoms with Crippen LogP contribution >= 0.6 is 39.1 Å². The minimum Gasteiger partial charge on any atom is -0.461 e. The fourth-order valence-corrected chi connectivity index (χ4v) is 3.68. The molecule has 25 heavy (non-hydrogen) atoms. The second-order valence-corrected chi connectivity index (χ2v) is 8.48. The average Bonchev–Trinajstić information content (AvgIpc) is 2.89. The normalized spacial score (nSPS) is 20.8. The van der Waals surface area contributed by atoms with E-state index in [1.807, 2.05) is 50.2 Å². The van der Waals surface area contributed by atoms with E-state index in [1.54, 1.807) is 6.08 Å². The summed E-state index contributed by atoms with van der Waals surface area (Å²) >= 11 is 14.7. The van der Waals surface area contributed by atoms with Crippen LogP contribution in [0.15, 0.2) is 56.1 Å². The van der Waals surface area contributed by atoms with E-state index in [4.69, 9.17) is 32.4 Å². The number of furan rings is 1. The van der Waals surface area contributed by atoms with E-state index in [2.05, 4.69) is 15.9 Å². The van der Waals surface area contributed by atoms with Gasteiger partial charge in [-0.05, 0) is 57.1 Å². The fourth-order valence-electron chi connectivity index (χ4n) is 3.10. The Kier molecular flexibility index (Phi) is 5.33. The molecule has 1 aliphatic carbocycles. The minimum absolute atomic E-state index is 0.0109. The van der Waals surface area contributed by atoms with Crippen molar-refractivity contribution < 1.29 is 13.9 Å². The number of hydrogen-bond donors (Lipinski definition) is 0. The summed E-state index contributed by atoms with van der Waals surface area (Å²) in [5, 5.41) is 0. The summed E-state index contributed by atoms with van der Waals surface area (Å²) in [6, 6.07) is 11.4. The van der Waals surface area contributed by atoms with Crippen LogP contribution in [0.1, 0.15) is 19.4 Å². The van der Waals surface area contributed by atoms with E-state index < -0.39 is 0 Å². The van der Waals surface area contributed by atoms with Crippen molar-refractivity contribution in [1.29, 1.82) is 0 Å². The maximum Gasteiger partial charge on any atom is 0.310 e. The molecule has 1 aromatic heterocycles. The number of carbonyl (C=O) groups excluding carboxylic acids is 1. The monoisotopic (exact) mass is 442 g/mol. The van der Waals surface area contributed by atoms with Gasteiger partial charge in [0, 0.05) is 5.56 Å². The van der Waals surface area contributed by atoms with E-state index >= 15 is 0 Å². The number of allylic oxidation sites excluding steroid dienone is 1. The van der Waals surface area contributed by atoms with Crippen molar-refractivity contribution in [2.75, 3.05) is 0 Å². The number of benzene rings is 1. The molecule has 1 aliphatic rings. The van der Waals surface area contributed by atoms with Crippen LogP contribution < -0.4 is 0 Å². The zero-order valence-corrected chi connectivity index (χ0v) is 16.9. The Bertz CT molecular complexity index is 822. The third-order valence-corrected chi connectivity index (χ3v) is 5.31. The molecule has 0 aliphatic heterocycles. The minimum atomic E-state index is -0.230. The molecule has 3 rings (SSSR count). The number of carbonyl (C=O) groups is 1. The highest BCUT2D eigenvalue weighted by molar-refractivity contribution is 9.10. The number of hydrogen-bond acceptors (Lipinski definition) is 3. The molecule has 0 unspecified atom stereocenters. The van der Waals surface area contributed by atoms with E-state index in [1.165, 1.54) is 0 Å². The van der Waals surface area contributed by atoms with Crippen molar-refractivity contribution in [1.82, 2.24) is 0 Å². The Hall–Kier alpha value is -1.23. The molecule has 1 aromatic carbocycles. The van der Waals surface area contributed by atoms with Crippen LogP contribution in [0.2, 0.25) is 0 Å². The van der Waals surface area contributed by atoms with Gasteiger partial charge in [-0.3, -0.25) is 4.79 Å². The summed E-state index contributed by atoms with van der Waals surface area (Å²) < 4.78 is 11.9. The van der Waals surface area contributed by atoms with Gasteiger partial charge in [0.2, 0.25) is 0 Å². The summed E-state index contributed by atoms with van der Waals surface area (Å²) in [7, 11) is 0. The Balaban J connectivity index is 1.64. The van der Waals surface area contributed by atoms with Gasteiger partial charge in [-0.2, -0.15) is 0 Å². The summed E-state index contributed by atoms with van der Waals surface area (Å²) in [5.41, 5.74) is 1.65. The molecule has 2 aromatic rings. The largest absolute Gasteiger partial charge is 0.461 e. The van der Waals surface area contributed by atoms with Gasteiger partial charge in [0.05, 0.1) is 5.92 Å². The molecule has 0 N–H and O–H groups in total. The number of halogens is 3. The lowest BCUT2D eigenvalue weighted by molar-refractivity contribution is -0.147. The van der Waals surface area contributed by atoms with Crippen molar-refractivity contribution >= 4 is 45.1 Å². The smallest absolute Gasteiger partial charge is 0.310 e. The van der Waals surface area contributed by atoms with Gasteiger partial charge < -0.3 is 9.15 Å². The first kappa shape index (κ1) is 18.6.